The highest BCUT2D eigenvalue weighted by molar-refractivity contribution is 5.92. The lowest BCUT2D eigenvalue weighted by Crippen LogP contribution is -2.44. The van der Waals surface area contributed by atoms with E-state index in [-0.39, 0.29) is 5.91 Å². The summed E-state index contributed by atoms with van der Waals surface area (Å²) in [5.41, 5.74) is 0.938. The summed E-state index contributed by atoms with van der Waals surface area (Å²) in [6, 6.07) is 5.67. The molecule has 0 radical (unpaired) electrons. The molecule has 3 rings (SSSR count). The summed E-state index contributed by atoms with van der Waals surface area (Å²) >= 11 is 0. The zero-order valence-electron chi connectivity index (χ0n) is 14.7. The van der Waals surface area contributed by atoms with Crippen LogP contribution in [-0.4, -0.2) is 38.1 Å². The van der Waals surface area contributed by atoms with Gasteiger partial charge >= 0.3 is 0 Å². The van der Waals surface area contributed by atoms with E-state index in [2.05, 4.69) is 0 Å². The molecule has 2 atom stereocenters. The second-order valence-electron chi connectivity index (χ2n) is 6.83. The third kappa shape index (κ3) is 3.74. The molecule has 1 aliphatic heterocycles. The molecule has 1 saturated heterocycles. The number of benzene rings is 1. The highest BCUT2D eigenvalue weighted by Crippen LogP contribution is 2.36. The van der Waals surface area contributed by atoms with Gasteiger partial charge < -0.3 is 14.4 Å². The Morgan fingerprint density at radius 3 is 2.58 bits per heavy atom. The van der Waals surface area contributed by atoms with Crippen LogP contribution in [0.4, 0.5) is 0 Å². The second kappa shape index (κ2) is 7.73. The minimum absolute atomic E-state index is 0.119. The van der Waals surface area contributed by atoms with E-state index in [1.807, 2.05) is 29.2 Å². The van der Waals surface area contributed by atoms with Crippen molar-refractivity contribution in [2.45, 2.75) is 32.1 Å². The maximum absolute atomic E-state index is 12.5. The van der Waals surface area contributed by atoms with Gasteiger partial charge in [0.15, 0.2) is 11.5 Å². The fourth-order valence-corrected chi connectivity index (χ4v) is 4.03. The normalized spacial score (nSPS) is 23.8. The van der Waals surface area contributed by atoms with Crippen molar-refractivity contribution in [2.75, 3.05) is 27.3 Å². The number of likely N-dealkylation sites (tertiary alicyclic amines) is 1. The third-order valence-corrected chi connectivity index (χ3v) is 5.43. The van der Waals surface area contributed by atoms with Gasteiger partial charge in [0.05, 0.1) is 14.2 Å². The number of amides is 1. The molecular weight excluding hydrogens is 302 g/mol. The number of hydrogen-bond donors (Lipinski definition) is 0. The predicted molar refractivity (Wildman–Crippen MR) is 95.2 cm³/mol. The Morgan fingerprint density at radius 1 is 1.08 bits per heavy atom. The Bertz CT molecular complexity index is 611. The van der Waals surface area contributed by atoms with Gasteiger partial charge in [0.1, 0.15) is 0 Å². The molecule has 1 aliphatic carbocycles. The molecule has 4 nitrogen and oxygen atoms in total. The van der Waals surface area contributed by atoms with Crippen LogP contribution in [0.2, 0.25) is 0 Å². The van der Waals surface area contributed by atoms with E-state index in [9.17, 15) is 4.79 Å². The summed E-state index contributed by atoms with van der Waals surface area (Å²) in [4.78, 5) is 14.5. The smallest absolute Gasteiger partial charge is 0.246 e. The minimum Gasteiger partial charge on any atom is -0.493 e. The molecule has 0 bridgehead atoms. The molecule has 1 saturated carbocycles. The van der Waals surface area contributed by atoms with E-state index >= 15 is 0 Å². The molecule has 1 amide bonds. The number of fused-ring (bicyclic) bond motifs is 1. The van der Waals surface area contributed by atoms with Crippen LogP contribution in [0.25, 0.3) is 6.08 Å². The van der Waals surface area contributed by atoms with Crippen molar-refractivity contribution < 1.29 is 14.3 Å². The van der Waals surface area contributed by atoms with Gasteiger partial charge in [-0.1, -0.05) is 25.3 Å². The molecule has 24 heavy (non-hydrogen) atoms. The molecule has 2 aliphatic rings. The van der Waals surface area contributed by atoms with Gasteiger partial charge in [0.2, 0.25) is 5.91 Å². The van der Waals surface area contributed by atoms with Crippen LogP contribution in [0.1, 0.15) is 37.7 Å². The Morgan fingerprint density at radius 2 is 1.83 bits per heavy atom. The number of rotatable bonds is 4. The van der Waals surface area contributed by atoms with Gasteiger partial charge in [-0.15, -0.1) is 0 Å². The first kappa shape index (κ1) is 16.9. The van der Waals surface area contributed by atoms with Crippen LogP contribution in [0.3, 0.4) is 0 Å². The molecular formula is C20H27NO3. The highest BCUT2D eigenvalue weighted by Gasteiger charge is 2.32. The highest BCUT2D eigenvalue weighted by atomic mass is 16.5. The van der Waals surface area contributed by atoms with E-state index in [0.717, 1.165) is 24.6 Å². The maximum Gasteiger partial charge on any atom is 0.246 e. The number of hydrogen-bond acceptors (Lipinski definition) is 3. The van der Waals surface area contributed by atoms with Crippen molar-refractivity contribution >= 4 is 12.0 Å². The first-order valence-corrected chi connectivity index (χ1v) is 8.90. The standard InChI is InChI=1S/C20H27NO3/c1-23-18-9-7-15(13-19(18)24-2)8-10-20(22)21-12-11-16-5-3-4-6-17(16)14-21/h7-10,13,16-17H,3-6,11-12,14H2,1-2H3/b10-8+/t16-,17-/m1/s1. The molecule has 0 aromatic heterocycles. The summed E-state index contributed by atoms with van der Waals surface area (Å²) < 4.78 is 10.5. The Kier molecular flexibility index (Phi) is 5.44. The van der Waals surface area contributed by atoms with Gasteiger partial charge in [0, 0.05) is 19.2 Å². The fraction of sp³-hybridized carbons (Fsp3) is 0.550. The van der Waals surface area contributed by atoms with Crippen molar-refractivity contribution in [1.82, 2.24) is 4.90 Å². The van der Waals surface area contributed by atoms with Gasteiger partial charge in [0.25, 0.3) is 0 Å². The number of carbonyl (C=O) groups excluding carboxylic acids is 1. The molecule has 0 N–H and O–H groups in total. The number of carbonyl (C=O) groups is 1. The molecule has 130 valence electrons. The molecule has 0 spiro atoms. The molecule has 2 fully saturated rings. The number of ether oxygens (including phenoxy) is 2. The average Bonchev–Trinajstić information content (AvgIpc) is 2.65. The summed E-state index contributed by atoms with van der Waals surface area (Å²) in [5.74, 6) is 3.05. The van der Waals surface area contributed by atoms with Crippen molar-refractivity contribution in [2.24, 2.45) is 11.8 Å². The van der Waals surface area contributed by atoms with E-state index < -0.39 is 0 Å². The predicted octanol–water partition coefficient (Wildman–Crippen LogP) is 3.76. The van der Waals surface area contributed by atoms with E-state index in [4.69, 9.17) is 9.47 Å². The van der Waals surface area contributed by atoms with Gasteiger partial charge in [-0.25, -0.2) is 0 Å². The SMILES string of the molecule is COc1ccc(/C=C/C(=O)N2CC[C@H]3CCCC[C@@H]3C2)cc1OC. The number of methoxy groups -OCH3 is 2. The summed E-state index contributed by atoms with van der Waals surface area (Å²) in [7, 11) is 3.23. The van der Waals surface area contributed by atoms with Crippen molar-refractivity contribution in [3.63, 3.8) is 0 Å². The van der Waals surface area contributed by atoms with Crippen molar-refractivity contribution in [3.8, 4) is 11.5 Å². The third-order valence-electron chi connectivity index (χ3n) is 5.43. The Hall–Kier alpha value is -1.97. The zero-order chi connectivity index (χ0) is 16.9. The lowest BCUT2D eigenvalue weighted by Gasteiger charge is -2.41. The van der Waals surface area contributed by atoms with E-state index in [1.54, 1.807) is 20.3 Å². The first-order valence-electron chi connectivity index (χ1n) is 8.90. The van der Waals surface area contributed by atoms with Crippen LogP contribution in [0.15, 0.2) is 24.3 Å². The Labute approximate surface area is 144 Å². The second-order valence-corrected chi connectivity index (χ2v) is 6.83. The molecule has 0 unspecified atom stereocenters. The van der Waals surface area contributed by atoms with Crippen LogP contribution in [0.5, 0.6) is 11.5 Å². The number of nitrogens with zero attached hydrogens (tertiary/aromatic N) is 1. The van der Waals surface area contributed by atoms with E-state index in [0.29, 0.717) is 17.4 Å². The monoisotopic (exact) mass is 329 g/mol. The number of piperidine rings is 1. The summed E-state index contributed by atoms with van der Waals surface area (Å²) in [6.45, 7) is 1.83. The van der Waals surface area contributed by atoms with Crippen molar-refractivity contribution in [3.05, 3.63) is 29.8 Å². The van der Waals surface area contributed by atoms with Gasteiger partial charge in [-0.3, -0.25) is 4.79 Å². The molecule has 1 aromatic rings. The first-order chi connectivity index (χ1) is 11.7. The van der Waals surface area contributed by atoms with Crippen molar-refractivity contribution in [1.29, 1.82) is 0 Å². The van der Waals surface area contributed by atoms with Gasteiger partial charge in [-0.05, 0) is 48.4 Å². The molecule has 1 aromatic carbocycles. The minimum atomic E-state index is 0.119. The van der Waals surface area contributed by atoms with Crippen LogP contribution < -0.4 is 9.47 Å². The largest absolute Gasteiger partial charge is 0.493 e. The van der Waals surface area contributed by atoms with E-state index in [1.165, 1.54) is 32.1 Å². The summed E-state index contributed by atoms with van der Waals surface area (Å²) in [6.07, 6.45) is 10.0. The van der Waals surface area contributed by atoms with Gasteiger partial charge in [-0.2, -0.15) is 0 Å². The lowest BCUT2D eigenvalue weighted by molar-refractivity contribution is -0.128. The molecule has 4 heteroatoms. The van der Waals surface area contributed by atoms with Crippen LogP contribution in [0, 0.1) is 11.8 Å². The average molecular weight is 329 g/mol. The topological polar surface area (TPSA) is 38.8 Å². The van der Waals surface area contributed by atoms with Crippen LogP contribution >= 0.6 is 0 Å². The molecule has 1 heterocycles. The lowest BCUT2D eigenvalue weighted by atomic mass is 9.75. The van der Waals surface area contributed by atoms with Crippen LogP contribution in [-0.2, 0) is 4.79 Å². The maximum atomic E-state index is 12.5. The summed E-state index contributed by atoms with van der Waals surface area (Å²) in [5, 5.41) is 0. The Balaban J connectivity index is 1.63. The fourth-order valence-electron chi connectivity index (χ4n) is 4.03. The zero-order valence-corrected chi connectivity index (χ0v) is 14.7. The quantitative estimate of drug-likeness (QED) is 0.790.